The first-order chi connectivity index (χ1) is 5.52. The van der Waals surface area contributed by atoms with E-state index in [0.29, 0.717) is 11.3 Å². The Morgan fingerprint density at radius 1 is 1.50 bits per heavy atom. The van der Waals surface area contributed by atoms with E-state index in [2.05, 4.69) is 6.58 Å². The highest BCUT2D eigenvalue weighted by molar-refractivity contribution is 5.40. The molecular formula is C9H11F2N. The summed E-state index contributed by atoms with van der Waals surface area (Å²) in [6.45, 7) is 5.30. The van der Waals surface area contributed by atoms with Crippen LogP contribution in [0.1, 0.15) is 6.92 Å². The van der Waals surface area contributed by atoms with E-state index < -0.39 is 6.43 Å². The molecule has 0 amide bonds. The summed E-state index contributed by atoms with van der Waals surface area (Å²) in [4.78, 5) is 1.72. The van der Waals surface area contributed by atoms with Gasteiger partial charge in [-0.05, 0) is 18.6 Å². The third-order valence-corrected chi connectivity index (χ3v) is 1.85. The van der Waals surface area contributed by atoms with Gasteiger partial charge in [-0.3, -0.25) is 0 Å². The summed E-state index contributed by atoms with van der Waals surface area (Å²) < 4.78 is 24.6. The summed E-state index contributed by atoms with van der Waals surface area (Å²) in [6.07, 6.45) is 0.663. The highest BCUT2D eigenvalue weighted by atomic mass is 19.3. The van der Waals surface area contributed by atoms with Crippen LogP contribution in [-0.4, -0.2) is 18.4 Å². The van der Waals surface area contributed by atoms with Crippen molar-refractivity contribution in [2.24, 2.45) is 0 Å². The van der Waals surface area contributed by atoms with Gasteiger partial charge in [0.25, 0.3) is 6.43 Å². The fourth-order valence-electron chi connectivity index (χ4n) is 1.08. The van der Waals surface area contributed by atoms with Crippen molar-refractivity contribution in [2.75, 3.05) is 7.05 Å². The van der Waals surface area contributed by atoms with Gasteiger partial charge in [-0.25, -0.2) is 8.78 Å². The molecule has 0 aromatic rings. The van der Waals surface area contributed by atoms with Crippen LogP contribution in [0.3, 0.4) is 0 Å². The predicted molar refractivity (Wildman–Crippen MR) is 44.7 cm³/mol. The molecule has 3 heteroatoms. The Hall–Kier alpha value is -1.12. The highest BCUT2D eigenvalue weighted by Gasteiger charge is 2.17. The Balaban J connectivity index is 2.96. The van der Waals surface area contributed by atoms with Crippen LogP contribution in [0.15, 0.2) is 35.7 Å². The van der Waals surface area contributed by atoms with Crippen LogP contribution in [0.25, 0.3) is 0 Å². The highest BCUT2D eigenvalue weighted by Crippen LogP contribution is 2.25. The van der Waals surface area contributed by atoms with Crippen LogP contribution in [0.2, 0.25) is 0 Å². The first-order valence-electron chi connectivity index (χ1n) is 3.62. The van der Waals surface area contributed by atoms with Crippen molar-refractivity contribution in [2.45, 2.75) is 13.3 Å². The first kappa shape index (κ1) is 8.97. The number of nitrogens with zero attached hydrogens (tertiary/aromatic N) is 1. The van der Waals surface area contributed by atoms with Gasteiger partial charge in [0, 0.05) is 24.5 Å². The molecule has 0 spiro atoms. The van der Waals surface area contributed by atoms with Crippen molar-refractivity contribution in [1.29, 1.82) is 0 Å². The fourth-order valence-corrected chi connectivity index (χ4v) is 1.08. The van der Waals surface area contributed by atoms with Crippen LogP contribution in [0.4, 0.5) is 8.78 Å². The lowest BCUT2D eigenvalue weighted by atomic mass is 10.1. The van der Waals surface area contributed by atoms with Gasteiger partial charge < -0.3 is 4.90 Å². The van der Waals surface area contributed by atoms with Gasteiger partial charge in [-0.15, -0.1) is 0 Å². The van der Waals surface area contributed by atoms with Gasteiger partial charge in [0.2, 0.25) is 0 Å². The van der Waals surface area contributed by atoms with Crippen LogP contribution >= 0.6 is 0 Å². The quantitative estimate of drug-likeness (QED) is 0.586. The van der Waals surface area contributed by atoms with Crippen LogP contribution in [0, 0.1) is 0 Å². The van der Waals surface area contributed by atoms with Crippen molar-refractivity contribution in [1.82, 2.24) is 4.90 Å². The Kier molecular flexibility index (Phi) is 2.31. The Morgan fingerprint density at radius 2 is 2.08 bits per heavy atom. The summed E-state index contributed by atoms with van der Waals surface area (Å²) in [5.41, 5.74) is 1.26. The molecule has 1 rings (SSSR count). The molecule has 0 bridgehead atoms. The maximum absolute atomic E-state index is 12.3. The molecule has 1 aliphatic rings. The minimum atomic E-state index is -2.41. The van der Waals surface area contributed by atoms with Gasteiger partial charge >= 0.3 is 0 Å². The number of rotatable bonds is 1. The summed E-state index contributed by atoms with van der Waals surface area (Å²) in [6, 6.07) is 0. The molecule has 12 heavy (non-hydrogen) atoms. The molecule has 0 aliphatic carbocycles. The van der Waals surface area contributed by atoms with E-state index in [1.165, 1.54) is 6.08 Å². The van der Waals surface area contributed by atoms with Crippen molar-refractivity contribution in [3.05, 3.63) is 35.7 Å². The molecule has 0 unspecified atom stereocenters. The van der Waals surface area contributed by atoms with Crippen LogP contribution in [0.5, 0.6) is 0 Å². The lowest BCUT2D eigenvalue weighted by molar-refractivity contribution is 0.191. The molecule has 0 radical (unpaired) electrons. The molecule has 0 saturated carbocycles. The van der Waals surface area contributed by atoms with Gasteiger partial charge in [0.15, 0.2) is 0 Å². The number of likely N-dealkylation sites (N-methyl/N-ethyl adjacent to an activating group) is 1. The maximum Gasteiger partial charge on any atom is 0.264 e. The smallest absolute Gasteiger partial charge is 0.264 e. The van der Waals surface area contributed by atoms with Gasteiger partial charge in [-0.1, -0.05) is 6.58 Å². The average molecular weight is 171 g/mol. The molecule has 0 aromatic carbocycles. The molecular weight excluding hydrogens is 160 g/mol. The fraction of sp³-hybridized carbons (Fsp3) is 0.333. The van der Waals surface area contributed by atoms with E-state index in [-0.39, 0.29) is 5.57 Å². The zero-order valence-electron chi connectivity index (χ0n) is 7.14. The third-order valence-electron chi connectivity index (χ3n) is 1.85. The topological polar surface area (TPSA) is 3.24 Å². The molecule has 0 atom stereocenters. The first-order valence-corrected chi connectivity index (χ1v) is 3.62. The normalized spacial score (nSPS) is 18.1. The zero-order chi connectivity index (χ0) is 9.30. The molecule has 1 heterocycles. The number of alkyl halides is 2. The standard InChI is InChI=1S/C9H11F2N/c1-6-5-12(3)7(2)4-8(6)9(10)11/h4-5,9H,2H2,1,3H3. The molecule has 1 aliphatic heterocycles. The monoisotopic (exact) mass is 171 g/mol. The van der Waals surface area contributed by atoms with Crippen molar-refractivity contribution in [3.8, 4) is 0 Å². The lowest BCUT2D eigenvalue weighted by Gasteiger charge is -2.22. The zero-order valence-corrected chi connectivity index (χ0v) is 7.14. The average Bonchev–Trinajstić information content (AvgIpc) is 1.96. The summed E-state index contributed by atoms with van der Waals surface area (Å²) in [5, 5.41) is 0. The second-order valence-electron chi connectivity index (χ2n) is 2.81. The van der Waals surface area contributed by atoms with Crippen molar-refractivity contribution < 1.29 is 8.78 Å². The van der Waals surface area contributed by atoms with E-state index >= 15 is 0 Å². The summed E-state index contributed by atoms with van der Waals surface area (Å²) >= 11 is 0. The Labute approximate surface area is 70.7 Å². The Morgan fingerprint density at radius 3 is 2.58 bits per heavy atom. The molecule has 0 N–H and O–H groups in total. The Bertz CT molecular complexity index is 264. The second kappa shape index (κ2) is 3.09. The SMILES string of the molecule is C=C1C=C(C(F)F)C(C)=CN1C. The number of hydrogen-bond acceptors (Lipinski definition) is 1. The number of allylic oxidation sites excluding steroid dienone is 3. The molecule has 0 fully saturated rings. The molecule has 66 valence electrons. The molecule has 1 nitrogen and oxygen atoms in total. The summed E-state index contributed by atoms with van der Waals surface area (Å²) in [5.74, 6) is 0. The van der Waals surface area contributed by atoms with Crippen molar-refractivity contribution >= 4 is 0 Å². The number of hydrogen-bond donors (Lipinski definition) is 0. The number of halogens is 2. The van der Waals surface area contributed by atoms with Crippen LogP contribution in [-0.2, 0) is 0 Å². The van der Waals surface area contributed by atoms with Crippen molar-refractivity contribution in [3.63, 3.8) is 0 Å². The molecule has 0 aromatic heterocycles. The minimum Gasteiger partial charge on any atom is -0.351 e. The largest absolute Gasteiger partial charge is 0.351 e. The van der Waals surface area contributed by atoms with Gasteiger partial charge in [-0.2, -0.15) is 0 Å². The lowest BCUT2D eigenvalue weighted by Crippen LogP contribution is -2.15. The van der Waals surface area contributed by atoms with E-state index in [1.54, 1.807) is 25.1 Å². The molecule has 0 saturated heterocycles. The van der Waals surface area contributed by atoms with Gasteiger partial charge in [0.1, 0.15) is 0 Å². The van der Waals surface area contributed by atoms with E-state index in [9.17, 15) is 8.78 Å². The van der Waals surface area contributed by atoms with Crippen LogP contribution < -0.4 is 0 Å². The predicted octanol–water partition coefficient (Wildman–Crippen LogP) is 2.54. The van der Waals surface area contributed by atoms with Gasteiger partial charge in [0.05, 0.1) is 0 Å². The van der Waals surface area contributed by atoms with E-state index in [4.69, 9.17) is 0 Å². The second-order valence-corrected chi connectivity index (χ2v) is 2.81. The van der Waals surface area contributed by atoms with E-state index in [1.807, 2.05) is 0 Å². The third kappa shape index (κ3) is 1.55. The maximum atomic E-state index is 12.3. The summed E-state index contributed by atoms with van der Waals surface area (Å²) in [7, 11) is 1.78. The van der Waals surface area contributed by atoms with E-state index in [0.717, 1.165) is 0 Å². The minimum absolute atomic E-state index is 0.0677.